The van der Waals surface area contributed by atoms with E-state index < -0.39 is 0 Å². The van der Waals surface area contributed by atoms with Crippen molar-refractivity contribution < 1.29 is 4.74 Å². The van der Waals surface area contributed by atoms with Gasteiger partial charge in [0.2, 0.25) is 0 Å². The van der Waals surface area contributed by atoms with E-state index in [9.17, 15) is 9.59 Å². The van der Waals surface area contributed by atoms with Crippen LogP contribution in [0, 0.1) is 6.92 Å². The summed E-state index contributed by atoms with van der Waals surface area (Å²) < 4.78 is 10.5. The Morgan fingerprint density at radius 3 is 2.46 bits per heavy atom. The van der Waals surface area contributed by atoms with Crippen LogP contribution >= 0.6 is 0 Å². The highest BCUT2D eigenvalue weighted by Gasteiger charge is 2.24. The highest BCUT2D eigenvalue weighted by molar-refractivity contribution is 5.73. The van der Waals surface area contributed by atoms with Crippen LogP contribution in [0.1, 0.15) is 50.3 Å². The van der Waals surface area contributed by atoms with Crippen molar-refractivity contribution >= 4 is 11.2 Å². The minimum Gasteiger partial charge on any atom is -0.376 e. The van der Waals surface area contributed by atoms with E-state index in [4.69, 9.17) is 4.74 Å². The predicted octanol–water partition coefficient (Wildman–Crippen LogP) is 4.18. The van der Waals surface area contributed by atoms with Crippen LogP contribution in [0.4, 0.5) is 0 Å². The second-order valence-corrected chi connectivity index (χ2v) is 10.4. The Hall–Kier alpha value is -3.45. The molecule has 4 aromatic rings. The Morgan fingerprint density at radius 1 is 1.06 bits per heavy atom. The SMILES string of the molecule is Cc1ccccc1-n1c(=O)n(C[C@H]2CCCO2)c(=O)c2c1ncn2Cc1ccc(C(C)(C)C)cc1. The first kappa shape index (κ1) is 23.3. The number of hydrogen-bond donors (Lipinski definition) is 0. The van der Waals surface area contributed by atoms with Crippen LogP contribution in [0.25, 0.3) is 16.9 Å². The normalized spacial score (nSPS) is 16.3. The molecule has 5 rings (SSSR count). The first-order chi connectivity index (χ1) is 16.7. The summed E-state index contributed by atoms with van der Waals surface area (Å²) in [7, 11) is 0. The Balaban J connectivity index is 1.67. The molecule has 1 aliphatic heterocycles. The number of nitrogens with zero attached hydrogens (tertiary/aromatic N) is 4. The summed E-state index contributed by atoms with van der Waals surface area (Å²) >= 11 is 0. The number of aromatic nitrogens is 4. The van der Waals surface area contributed by atoms with E-state index in [1.54, 1.807) is 10.9 Å². The van der Waals surface area contributed by atoms with Gasteiger partial charge in [0, 0.05) is 13.2 Å². The largest absolute Gasteiger partial charge is 0.376 e. The molecule has 0 amide bonds. The van der Waals surface area contributed by atoms with Gasteiger partial charge in [-0.05, 0) is 47.9 Å². The number of hydrogen-bond acceptors (Lipinski definition) is 4. The van der Waals surface area contributed by atoms with Gasteiger partial charge in [0.15, 0.2) is 11.2 Å². The number of benzene rings is 2. The fourth-order valence-electron chi connectivity index (χ4n) is 4.79. The topological polar surface area (TPSA) is 71.1 Å². The van der Waals surface area contributed by atoms with E-state index in [1.165, 1.54) is 10.1 Å². The molecular formula is C28H32N4O3. The van der Waals surface area contributed by atoms with E-state index >= 15 is 0 Å². The molecule has 1 aliphatic rings. The molecule has 35 heavy (non-hydrogen) atoms. The van der Waals surface area contributed by atoms with Crippen LogP contribution < -0.4 is 11.2 Å². The molecule has 0 aliphatic carbocycles. The molecule has 1 saturated heterocycles. The van der Waals surface area contributed by atoms with Crippen molar-refractivity contribution in [3.8, 4) is 5.69 Å². The Kier molecular flexibility index (Phi) is 5.97. The van der Waals surface area contributed by atoms with Gasteiger partial charge in [0.05, 0.1) is 24.7 Å². The van der Waals surface area contributed by atoms with Crippen LogP contribution in [-0.2, 0) is 23.2 Å². The number of rotatable bonds is 5. The molecule has 2 aromatic heterocycles. The molecule has 0 radical (unpaired) electrons. The summed E-state index contributed by atoms with van der Waals surface area (Å²) in [6.45, 7) is 9.91. The number of aryl methyl sites for hydroxylation is 1. The maximum Gasteiger partial charge on any atom is 0.337 e. The fraction of sp³-hybridized carbons (Fsp3) is 0.393. The van der Waals surface area contributed by atoms with Crippen molar-refractivity contribution in [1.29, 1.82) is 0 Å². The maximum absolute atomic E-state index is 13.7. The first-order valence-corrected chi connectivity index (χ1v) is 12.2. The van der Waals surface area contributed by atoms with Gasteiger partial charge in [0.25, 0.3) is 5.56 Å². The quantitative estimate of drug-likeness (QED) is 0.437. The van der Waals surface area contributed by atoms with Crippen LogP contribution in [0.3, 0.4) is 0 Å². The van der Waals surface area contributed by atoms with Crippen molar-refractivity contribution in [1.82, 2.24) is 18.7 Å². The highest BCUT2D eigenvalue weighted by Crippen LogP contribution is 2.23. The molecule has 0 saturated carbocycles. The summed E-state index contributed by atoms with van der Waals surface area (Å²) in [5.41, 5.74) is 4.14. The molecule has 0 N–H and O–H groups in total. The first-order valence-electron chi connectivity index (χ1n) is 12.2. The molecular weight excluding hydrogens is 440 g/mol. The lowest BCUT2D eigenvalue weighted by Crippen LogP contribution is -2.42. The summed E-state index contributed by atoms with van der Waals surface area (Å²) in [5, 5.41) is 0. The lowest BCUT2D eigenvalue weighted by molar-refractivity contribution is 0.0950. The van der Waals surface area contributed by atoms with Crippen molar-refractivity contribution in [2.75, 3.05) is 6.61 Å². The zero-order chi connectivity index (χ0) is 24.7. The van der Waals surface area contributed by atoms with Gasteiger partial charge in [-0.1, -0.05) is 63.2 Å². The van der Waals surface area contributed by atoms with E-state index in [1.807, 2.05) is 35.8 Å². The predicted molar refractivity (Wildman–Crippen MR) is 138 cm³/mol. The third kappa shape index (κ3) is 4.36. The third-order valence-corrected chi connectivity index (χ3v) is 6.84. The number of para-hydroxylation sites is 1. The fourth-order valence-corrected chi connectivity index (χ4v) is 4.79. The van der Waals surface area contributed by atoms with E-state index in [0.29, 0.717) is 24.3 Å². The van der Waals surface area contributed by atoms with Crippen LogP contribution in [0.2, 0.25) is 0 Å². The number of ether oxygens (including phenoxy) is 1. The molecule has 1 fully saturated rings. The summed E-state index contributed by atoms with van der Waals surface area (Å²) in [6.07, 6.45) is 3.31. The monoisotopic (exact) mass is 472 g/mol. The molecule has 7 nitrogen and oxygen atoms in total. The Bertz CT molecular complexity index is 1480. The van der Waals surface area contributed by atoms with Gasteiger partial charge in [-0.25, -0.2) is 14.3 Å². The lowest BCUT2D eigenvalue weighted by atomic mass is 9.87. The van der Waals surface area contributed by atoms with Gasteiger partial charge < -0.3 is 9.30 Å². The van der Waals surface area contributed by atoms with Crippen LogP contribution in [-0.4, -0.2) is 31.4 Å². The van der Waals surface area contributed by atoms with Crippen LogP contribution in [0.15, 0.2) is 64.4 Å². The van der Waals surface area contributed by atoms with E-state index in [2.05, 4.69) is 50.0 Å². The van der Waals surface area contributed by atoms with Crippen molar-refractivity contribution in [3.05, 3.63) is 92.4 Å². The molecule has 1 atom stereocenters. The Morgan fingerprint density at radius 2 is 1.80 bits per heavy atom. The summed E-state index contributed by atoms with van der Waals surface area (Å²) in [4.78, 5) is 31.9. The second-order valence-electron chi connectivity index (χ2n) is 10.4. The highest BCUT2D eigenvalue weighted by atomic mass is 16.5. The van der Waals surface area contributed by atoms with Gasteiger partial charge in [0.1, 0.15) is 0 Å². The molecule has 182 valence electrons. The maximum atomic E-state index is 13.7. The average molecular weight is 473 g/mol. The van der Waals surface area contributed by atoms with Gasteiger partial charge in [-0.2, -0.15) is 0 Å². The van der Waals surface area contributed by atoms with Gasteiger partial charge in [-0.3, -0.25) is 9.36 Å². The number of fused-ring (bicyclic) bond motifs is 1. The molecule has 7 heteroatoms. The van der Waals surface area contributed by atoms with Crippen LogP contribution in [0.5, 0.6) is 0 Å². The van der Waals surface area contributed by atoms with Crippen molar-refractivity contribution in [3.63, 3.8) is 0 Å². The lowest BCUT2D eigenvalue weighted by Gasteiger charge is -2.19. The minimum absolute atomic E-state index is 0.0693. The van der Waals surface area contributed by atoms with Gasteiger partial charge >= 0.3 is 5.69 Å². The molecule has 0 bridgehead atoms. The van der Waals surface area contributed by atoms with E-state index in [-0.39, 0.29) is 29.3 Å². The standard InChI is InChI=1S/C28H32N4O3/c1-19-8-5-6-10-23(19)32-25-24(26(33)31(27(32)34)17-22-9-7-15-35-22)30(18-29-25)16-20-11-13-21(14-12-20)28(2,3)4/h5-6,8,10-14,18,22H,7,9,15-17H2,1-4H3/t22-/m1/s1. The zero-order valence-corrected chi connectivity index (χ0v) is 20.8. The molecule has 2 aromatic carbocycles. The third-order valence-electron chi connectivity index (χ3n) is 6.84. The van der Waals surface area contributed by atoms with E-state index in [0.717, 1.165) is 29.7 Å². The summed E-state index contributed by atoms with van der Waals surface area (Å²) in [5.74, 6) is 0. The Labute approximate surface area is 204 Å². The minimum atomic E-state index is -0.382. The average Bonchev–Trinajstić information content (AvgIpc) is 3.48. The smallest absolute Gasteiger partial charge is 0.337 e. The molecule has 0 unspecified atom stereocenters. The van der Waals surface area contributed by atoms with Crippen molar-refractivity contribution in [2.45, 2.75) is 65.1 Å². The zero-order valence-electron chi connectivity index (χ0n) is 20.8. The van der Waals surface area contributed by atoms with Crippen molar-refractivity contribution in [2.24, 2.45) is 0 Å². The number of imidazole rings is 1. The molecule has 0 spiro atoms. The molecule has 3 heterocycles. The van der Waals surface area contributed by atoms with Gasteiger partial charge in [-0.15, -0.1) is 0 Å². The second kappa shape index (κ2) is 8.96. The summed E-state index contributed by atoms with van der Waals surface area (Å²) in [6, 6.07) is 16.1.